The number of anilines is 2. The lowest BCUT2D eigenvalue weighted by atomic mass is 10.3. The van der Waals surface area contributed by atoms with E-state index >= 15 is 0 Å². The number of Topliss-reactive ketones (excluding diaryl/α,β-unsaturated/α-hetero) is 3. The van der Waals surface area contributed by atoms with Crippen LogP contribution >= 0.6 is 24.8 Å². The Morgan fingerprint density at radius 2 is 1.05 bits per heavy atom. The highest BCUT2D eigenvalue weighted by Gasteiger charge is 2.21. The van der Waals surface area contributed by atoms with Gasteiger partial charge in [-0.1, -0.05) is 66.6 Å². The van der Waals surface area contributed by atoms with Gasteiger partial charge in [-0.05, 0) is 53.7 Å². The third-order valence-corrected chi connectivity index (χ3v) is 11.7. The molecule has 0 fully saturated rings. The summed E-state index contributed by atoms with van der Waals surface area (Å²) in [7, 11) is 1.54. The van der Waals surface area contributed by atoms with Crippen LogP contribution in [0, 0.1) is 0 Å². The number of benzene rings is 3. The molecule has 0 aliphatic heterocycles. The van der Waals surface area contributed by atoms with E-state index in [-0.39, 0.29) is 96.3 Å². The van der Waals surface area contributed by atoms with Gasteiger partial charge in [0.15, 0.2) is 23.0 Å². The molecule has 0 aliphatic carbocycles. The molecule has 0 atom stereocenters. The molecule has 13 aromatic rings. The van der Waals surface area contributed by atoms with E-state index in [0.29, 0.717) is 11.4 Å². The molecule has 0 bridgehead atoms. The molecule has 0 saturated heterocycles. The minimum Gasteiger partial charge on any atom is -0.476 e. The molecule has 0 radical (unpaired) electrons. The summed E-state index contributed by atoms with van der Waals surface area (Å²) in [4.78, 5) is 143. The van der Waals surface area contributed by atoms with Gasteiger partial charge >= 0.3 is 34.8 Å². The van der Waals surface area contributed by atoms with E-state index in [2.05, 4.69) is 113 Å². The first-order valence-electron chi connectivity index (χ1n) is 27.8. The van der Waals surface area contributed by atoms with Gasteiger partial charge in [0, 0.05) is 27.3 Å². The average Bonchev–Trinajstić information content (AvgIpc) is 1.69. The Balaban J connectivity index is 0.000000264. The maximum atomic E-state index is 12.2. The molecule has 0 aliphatic rings. The SMILES string of the molecule is CC(=O)c1nn2cnn(-c3ccccc3)c2nc1=O.CC(=O)c1nn2cnnc2[nH]c1=O.CCOC(=O)C(=O)CC.Cl.Cl.Cn1nnnc1NC(=O)c1nn2cnn(-c3ccccc3)c2nc1=O.NN=C(N)NN.Nc1nncn1N.O=C(O)c1nn2cnn(-c3ccccc3)c2nc1=O.O=C=O. The molecule has 49 nitrogen and oxygen atoms in total. The van der Waals surface area contributed by atoms with Crippen molar-refractivity contribution < 1.29 is 48.2 Å². The van der Waals surface area contributed by atoms with Crippen molar-refractivity contribution in [2.75, 3.05) is 23.5 Å². The molecule has 103 heavy (non-hydrogen) atoms. The van der Waals surface area contributed by atoms with Crippen molar-refractivity contribution in [2.24, 2.45) is 29.6 Å². The number of hydrogen-bond donors (Lipinski definition) is 9. The van der Waals surface area contributed by atoms with E-state index < -0.39 is 68.8 Å². The van der Waals surface area contributed by atoms with Gasteiger partial charge in [-0.15, -0.1) is 50.3 Å². The fourth-order valence-electron chi connectivity index (χ4n) is 7.11. The molecular weight excluding hydrogens is 1410 g/mol. The van der Waals surface area contributed by atoms with Crippen LogP contribution in [0.15, 0.2) is 147 Å². The van der Waals surface area contributed by atoms with Gasteiger partial charge < -0.3 is 33.0 Å². The third kappa shape index (κ3) is 21.5. The number of hydrogen-bond acceptors (Lipinski definition) is 35. The second-order valence-corrected chi connectivity index (χ2v) is 18.4. The lowest BCUT2D eigenvalue weighted by Gasteiger charge is -2.03. The smallest absolute Gasteiger partial charge is 0.374 e. The van der Waals surface area contributed by atoms with Crippen LogP contribution in [-0.2, 0) is 31.0 Å². The fourth-order valence-corrected chi connectivity index (χ4v) is 7.11. The lowest BCUT2D eigenvalue weighted by Crippen LogP contribution is -2.37. The van der Waals surface area contributed by atoms with Crippen molar-refractivity contribution in [3.05, 3.63) is 187 Å². The Labute approximate surface area is 582 Å². The number of carboxylic acid groups (broad SMARTS) is 1. The van der Waals surface area contributed by atoms with E-state index in [1.807, 2.05) is 72.2 Å². The normalized spacial score (nSPS) is 10.1. The summed E-state index contributed by atoms with van der Waals surface area (Å²) in [5, 5.41) is 66.2. The Morgan fingerprint density at radius 3 is 1.41 bits per heavy atom. The summed E-state index contributed by atoms with van der Waals surface area (Å²) < 4.78 is 16.1. The number of hydrazone groups is 1. The van der Waals surface area contributed by atoms with Crippen molar-refractivity contribution in [1.82, 2.24) is 138 Å². The van der Waals surface area contributed by atoms with Crippen molar-refractivity contribution in [2.45, 2.75) is 34.1 Å². The number of H-pyrrole nitrogens is 1. The summed E-state index contributed by atoms with van der Waals surface area (Å²) in [5.74, 6) is 11.4. The number of hydrazine groups is 1. The van der Waals surface area contributed by atoms with Crippen molar-refractivity contribution in [3.63, 3.8) is 0 Å². The monoisotopic (exact) mass is 1460 g/mol. The lowest BCUT2D eigenvalue weighted by molar-refractivity contribution is -0.191. The molecule has 10 heterocycles. The number of para-hydroxylation sites is 3. The number of rotatable bonds is 11. The van der Waals surface area contributed by atoms with Crippen LogP contribution in [0.2, 0.25) is 0 Å². The average molecular weight is 1470 g/mol. The fraction of sp³-hybridized carbons (Fsp3) is 0.135. The second kappa shape index (κ2) is 38.7. The highest BCUT2D eigenvalue weighted by Crippen LogP contribution is 2.11. The van der Waals surface area contributed by atoms with E-state index in [0.717, 1.165) is 14.9 Å². The van der Waals surface area contributed by atoms with Gasteiger partial charge in [0.25, 0.3) is 34.6 Å². The summed E-state index contributed by atoms with van der Waals surface area (Å²) in [6.45, 7) is 6.11. The van der Waals surface area contributed by atoms with Gasteiger partial charge in [0.05, 0.1) is 23.7 Å². The van der Waals surface area contributed by atoms with E-state index in [9.17, 15) is 47.9 Å². The summed E-state index contributed by atoms with van der Waals surface area (Å²) in [5.41, 5.74) is 9.90. The zero-order valence-electron chi connectivity index (χ0n) is 53.5. The van der Waals surface area contributed by atoms with Gasteiger partial charge in [-0.2, -0.15) is 92.3 Å². The topological polar surface area (TPSA) is 678 Å². The number of tetrazole rings is 1. The predicted octanol–water partition coefficient (Wildman–Crippen LogP) is -4.48. The van der Waals surface area contributed by atoms with Crippen molar-refractivity contribution in [1.29, 1.82) is 0 Å². The number of amides is 1. The molecule has 0 saturated carbocycles. The van der Waals surface area contributed by atoms with Crippen LogP contribution in [0.3, 0.4) is 0 Å². The van der Waals surface area contributed by atoms with Crippen molar-refractivity contribution in [3.8, 4) is 17.1 Å². The molecule has 10 aromatic heterocycles. The molecule has 0 unspecified atom stereocenters. The Hall–Kier alpha value is -15.0. The molecular formula is C52H55Cl2N35O14. The zero-order valence-corrected chi connectivity index (χ0v) is 55.1. The number of carbonyl (C=O) groups excluding carboxylic acids is 7. The first kappa shape index (κ1) is 80.4. The number of fused-ring (bicyclic) bond motifs is 4. The Bertz CT molecular complexity index is 5210. The molecule has 1 amide bonds. The van der Waals surface area contributed by atoms with Gasteiger partial charge in [-0.3, -0.25) is 54.1 Å². The number of esters is 1. The standard InChI is InChI=1S/C13H10N10O2.C12H9N5O2.C11H7N5O3.C6H5N5O2.C6H10O3.C2H5N5.CH7N5.CO2.2ClH/c1-21-12(17-19-20-21)15-10(24)9-11(25)16-13-22(18-9)7-14-23(13)8-5-3-2-4-6-8;1-8(18)10-11(19)14-12-16(15-10)7-13-17(12)9-5-3-2-4-6-9;17-9-8(10(18)19)14-15-6-12-16(11(15)13-9)7-4-2-1-3-5-7;1-3(12)4-5(13)8-6-9-7-2-11(6)10-4;1-3-5(7)6(8)9-4-2;3-2-6-5-1-7(2)4;2-1(5-3)6-4;2-1-3;;/h2-7H,1H3,(H,15,17,20,24);2-7H,1H3;1-6H,(H,18,19);2H,1H3,(H,8,9,13);3-4H2,1-2H3;1H,4H2,(H2,3,6);3-4H2,(H3,2,5,6);;2*1H. The quantitative estimate of drug-likeness (QED) is 0.0112. The first-order valence-corrected chi connectivity index (χ1v) is 27.8. The molecule has 3 aromatic carbocycles. The van der Waals surface area contributed by atoms with Gasteiger partial charge in [0.1, 0.15) is 31.6 Å². The number of carboxylic acids is 1. The van der Waals surface area contributed by atoms with E-state index in [1.54, 1.807) is 45.2 Å². The van der Waals surface area contributed by atoms with Crippen LogP contribution in [-0.4, -0.2) is 192 Å². The second-order valence-electron chi connectivity index (χ2n) is 18.4. The zero-order chi connectivity index (χ0) is 73.9. The number of nitrogen functional groups attached to an aromatic ring is 2. The molecule has 0 spiro atoms. The number of halogens is 2. The van der Waals surface area contributed by atoms with Crippen LogP contribution in [0.25, 0.3) is 40.2 Å². The van der Waals surface area contributed by atoms with E-state index in [1.165, 1.54) is 77.8 Å². The number of nitrogens with two attached hydrogens (primary N) is 5. The number of aryl methyl sites for hydroxylation is 1. The number of carbonyl (C=O) groups is 6. The molecule has 536 valence electrons. The van der Waals surface area contributed by atoms with Crippen LogP contribution in [0.1, 0.15) is 76.1 Å². The van der Waals surface area contributed by atoms with Crippen molar-refractivity contribution >= 4 is 107 Å². The number of aromatic carboxylic acids is 1. The van der Waals surface area contributed by atoms with Crippen LogP contribution < -0.4 is 62.0 Å². The molecule has 13 rings (SSSR count). The minimum atomic E-state index is -1.42. The van der Waals surface area contributed by atoms with Gasteiger partial charge in [0.2, 0.25) is 35.0 Å². The highest BCUT2D eigenvalue weighted by atomic mass is 35.5. The first-order chi connectivity index (χ1) is 48.4. The predicted molar refractivity (Wildman–Crippen MR) is 353 cm³/mol. The van der Waals surface area contributed by atoms with Gasteiger partial charge in [-0.25, -0.2) is 24.8 Å². The van der Waals surface area contributed by atoms with Crippen LogP contribution in [0.4, 0.5) is 11.9 Å². The molecule has 51 heteroatoms. The number of guanidine groups is 1. The number of ether oxygens (including phenoxy) is 1. The Morgan fingerprint density at radius 1 is 0.621 bits per heavy atom. The number of nitrogens with zero attached hydrogens (tertiary/aromatic N) is 27. The summed E-state index contributed by atoms with van der Waals surface area (Å²) >= 11 is 0. The maximum absolute atomic E-state index is 12.2. The number of aromatic nitrogens is 27. The van der Waals surface area contributed by atoms with Crippen LogP contribution in [0.5, 0.6) is 0 Å². The summed E-state index contributed by atoms with van der Waals surface area (Å²) in [6.07, 6.45) is 7.16. The third-order valence-electron chi connectivity index (χ3n) is 11.7. The number of ketones is 3. The highest BCUT2D eigenvalue weighted by molar-refractivity contribution is 6.33. The largest absolute Gasteiger partial charge is 0.476 e. The van der Waals surface area contributed by atoms with E-state index in [4.69, 9.17) is 37.8 Å². The Kier molecular flexibility index (Phi) is 30.2. The minimum absolute atomic E-state index is 0. The maximum Gasteiger partial charge on any atom is 0.374 e. The number of nitrogens with one attached hydrogen (secondary N) is 3. The molecule has 14 N–H and O–H groups in total. The number of aromatic amines is 1. The summed E-state index contributed by atoms with van der Waals surface area (Å²) in [6, 6.07) is 27.4.